The molecule has 0 radical (unpaired) electrons. The zero-order valence-corrected chi connectivity index (χ0v) is 17.4. The standard InChI is InChI=1S/C16H23N5O3S3/c22-27(23)8-5-13(11-27)19(10-15-4-2-7-26-15)12-21-16(25)20(17-18-21)9-14-3-1-6-24-14/h2,4,7,13-14H,1,3,5-6,8-12H2/t13-,14+/m0/s1. The first-order chi connectivity index (χ1) is 13.0. The molecule has 2 saturated heterocycles. The summed E-state index contributed by atoms with van der Waals surface area (Å²) in [6.45, 7) is 2.51. The second kappa shape index (κ2) is 8.08. The van der Waals surface area contributed by atoms with Crippen LogP contribution in [0.3, 0.4) is 0 Å². The van der Waals surface area contributed by atoms with E-state index < -0.39 is 9.84 Å². The summed E-state index contributed by atoms with van der Waals surface area (Å²) in [5.74, 6) is 0.436. The molecule has 2 aliphatic rings. The molecule has 4 rings (SSSR count). The molecule has 2 atom stereocenters. The zero-order valence-electron chi connectivity index (χ0n) is 14.9. The molecule has 0 unspecified atom stereocenters. The number of sulfone groups is 1. The normalized spacial score (nSPS) is 24.8. The summed E-state index contributed by atoms with van der Waals surface area (Å²) in [5.41, 5.74) is 0. The van der Waals surface area contributed by atoms with Crippen molar-refractivity contribution in [1.82, 2.24) is 24.7 Å². The van der Waals surface area contributed by atoms with Crippen molar-refractivity contribution in [2.45, 2.75) is 51.2 Å². The highest BCUT2D eigenvalue weighted by atomic mass is 32.2. The Morgan fingerprint density at radius 1 is 1.33 bits per heavy atom. The zero-order chi connectivity index (χ0) is 18.9. The van der Waals surface area contributed by atoms with Crippen LogP contribution in [0.1, 0.15) is 24.1 Å². The first kappa shape index (κ1) is 19.2. The largest absolute Gasteiger partial charge is 0.376 e. The van der Waals surface area contributed by atoms with Gasteiger partial charge >= 0.3 is 0 Å². The third-order valence-corrected chi connectivity index (χ3v) is 8.11. The van der Waals surface area contributed by atoms with E-state index in [0.29, 0.717) is 31.0 Å². The topological polar surface area (TPSA) is 82.3 Å². The molecule has 11 heteroatoms. The predicted octanol–water partition coefficient (Wildman–Crippen LogP) is 1.70. The number of thiophene rings is 1. The van der Waals surface area contributed by atoms with Gasteiger partial charge in [0, 0.05) is 24.1 Å². The molecule has 0 aromatic carbocycles. The minimum absolute atomic E-state index is 0.0256. The summed E-state index contributed by atoms with van der Waals surface area (Å²) in [7, 11) is -2.96. The molecule has 0 saturated carbocycles. The van der Waals surface area contributed by atoms with Crippen molar-refractivity contribution in [1.29, 1.82) is 0 Å². The summed E-state index contributed by atoms with van der Waals surface area (Å²) < 4.78 is 33.5. The van der Waals surface area contributed by atoms with Crippen LogP contribution in [0.2, 0.25) is 0 Å². The molecule has 0 amide bonds. The lowest BCUT2D eigenvalue weighted by Crippen LogP contribution is -2.37. The van der Waals surface area contributed by atoms with Gasteiger partial charge in [0.25, 0.3) is 0 Å². The van der Waals surface area contributed by atoms with Gasteiger partial charge in [-0.3, -0.25) is 4.90 Å². The first-order valence-electron chi connectivity index (χ1n) is 9.09. The molecular formula is C16H23N5O3S3. The van der Waals surface area contributed by atoms with Gasteiger partial charge in [-0.15, -0.1) is 11.3 Å². The quantitative estimate of drug-likeness (QED) is 0.620. The Balaban J connectivity index is 1.50. The van der Waals surface area contributed by atoms with Gasteiger partial charge in [0.1, 0.15) is 0 Å². The van der Waals surface area contributed by atoms with Crippen molar-refractivity contribution < 1.29 is 13.2 Å². The van der Waals surface area contributed by atoms with E-state index in [2.05, 4.69) is 21.4 Å². The number of tetrazole rings is 1. The molecule has 2 fully saturated rings. The van der Waals surface area contributed by atoms with Crippen LogP contribution in [0.5, 0.6) is 0 Å². The molecule has 4 heterocycles. The lowest BCUT2D eigenvalue weighted by atomic mass is 10.2. The maximum absolute atomic E-state index is 12.0. The Hall–Kier alpha value is -1.14. The molecule has 2 aliphatic heterocycles. The molecule has 8 nitrogen and oxygen atoms in total. The van der Waals surface area contributed by atoms with Crippen LogP contribution in [-0.4, -0.2) is 63.4 Å². The Labute approximate surface area is 167 Å². The molecule has 0 spiro atoms. The third kappa shape index (κ3) is 4.65. The van der Waals surface area contributed by atoms with Gasteiger partial charge in [-0.25, -0.2) is 17.8 Å². The monoisotopic (exact) mass is 429 g/mol. The number of aromatic nitrogens is 4. The van der Waals surface area contributed by atoms with Gasteiger partial charge in [-0.2, -0.15) is 0 Å². The summed E-state index contributed by atoms with van der Waals surface area (Å²) in [6, 6.07) is 4.05. The van der Waals surface area contributed by atoms with E-state index in [1.165, 1.54) is 4.88 Å². The second-order valence-corrected chi connectivity index (χ2v) is 10.7. The number of hydrogen-bond acceptors (Lipinski definition) is 8. The minimum atomic E-state index is -2.96. The maximum atomic E-state index is 12.0. The Bertz CT molecular complexity index is 916. The van der Waals surface area contributed by atoms with Crippen LogP contribution >= 0.6 is 23.6 Å². The first-order valence-corrected chi connectivity index (χ1v) is 12.2. The number of nitrogens with zero attached hydrogens (tertiary/aromatic N) is 5. The summed E-state index contributed by atoms with van der Waals surface area (Å²) in [6.07, 6.45) is 2.87. The van der Waals surface area contributed by atoms with Crippen LogP contribution in [0.4, 0.5) is 0 Å². The number of rotatable bonds is 7. The lowest BCUT2D eigenvalue weighted by molar-refractivity contribution is 0.0929. The number of ether oxygens (including phenoxy) is 1. The van der Waals surface area contributed by atoms with Gasteiger partial charge in [-0.05, 0) is 53.4 Å². The lowest BCUT2D eigenvalue weighted by Gasteiger charge is -2.26. The minimum Gasteiger partial charge on any atom is -0.376 e. The maximum Gasteiger partial charge on any atom is 0.217 e. The number of hydrogen-bond donors (Lipinski definition) is 0. The van der Waals surface area contributed by atoms with Gasteiger partial charge < -0.3 is 4.74 Å². The van der Waals surface area contributed by atoms with Crippen LogP contribution < -0.4 is 0 Å². The van der Waals surface area contributed by atoms with E-state index in [1.807, 2.05) is 11.4 Å². The van der Waals surface area contributed by atoms with Crippen molar-refractivity contribution >= 4 is 33.4 Å². The van der Waals surface area contributed by atoms with Gasteiger partial charge in [0.15, 0.2) is 9.84 Å². The molecule has 148 valence electrons. The van der Waals surface area contributed by atoms with E-state index >= 15 is 0 Å². The van der Waals surface area contributed by atoms with Crippen molar-refractivity contribution in [2.75, 3.05) is 18.1 Å². The molecular weight excluding hydrogens is 406 g/mol. The van der Waals surface area contributed by atoms with Crippen molar-refractivity contribution in [2.24, 2.45) is 0 Å². The SMILES string of the molecule is O=S1(=O)CC[C@H](N(Cc2cccs2)Cn2nnn(C[C@H]3CCCO3)c2=S)C1. The third-order valence-electron chi connectivity index (χ3n) is 5.08. The Morgan fingerprint density at radius 3 is 2.85 bits per heavy atom. The average Bonchev–Trinajstić information content (AvgIpc) is 3.40. The van der Waals surface area contributed by atoms with Crippen LogP contribution in [0.15, 0.2) is 17.5 Å². The second-order valence-electron chi connectivity index (χ2n) is 7.10. The van der Waals surface area contributed by atoms with Gasteiger partial charge in [0.05, 0.1) is 30.8 Å². The Morgan fingerprint density at radius 2 is 2.19 bits per heavy atom. The average molecular weight is 430 g/mol. The molecule has 27 heavy (non-hydrogen) atoms. The summed E-state index contributed by atoms with van der Waals surface area (Å²) >= 11 is 7.22. The molecule has 0 aliphatic carbocycles. The van der Waals surface area contributed by atoms with E-state index in [4.69, 9.17) is 17.0 Å². The Kier molecular flexibility index (Phi) is 5.74. The van der Waals surface area contributed by atoms with E-state index in [9.17, 15) is 8.42 Å². The van der Waals surface area contributed by atoms with Crippen LogP contribution in [0.25, 0.3) is 0 Å². The fourth-order valence-electron chi connectivity index (χ4n) is 3.62. The van der Waals surface area contributed by atoms with E-state index in [0.717, 1.165) is 19.4 Å². The van der Waals surface area contributed by atoms with Gasteiger partial charge in [-0.1, -0.05) is 6.07 Å². The highest BCUT2D eigenvalue weighted by molar-refractivity contribution is 7.91. The van der Waals surface area contributed by atoms with Crippen LogP contribution in [-0.2, 0) is 34.3 Å². The summed E-state index contributed by atoms with van der Waals surface area (Å²) in [4.78, 5) is 3.34. The summed E-state index contributed by atoms with van der Waals surface area (Å²) in [5, 5.41) is 10.4. The van der Waals surface area contributed by atoms with Crippen molar-refractivity contribution in [3.8, 4) is 0 Å². The molecule has 2 aromatic rings. The van der Waals surface area contributed by atoms with E-state index in [-0.39, 0.29) is 23.7 Å². The van der Waals surface area contributed by atoms with Crippen molar-refractivity contribution in [3.05, 3.63) is 27.2 Å². The van der Waals surface area contributed by atoms with Crippen LogP contribution in [0, 0.1) is 4.77 Å². The van der Waals surface area contributed by atoms with Crippen molar-refractivity contribution in [3.63, 3.8) is 0 Å². The fraction of sp³-hybridized carbons (Fsp3) is 0.688. The fourth-order valence-corrected chi connectivity index (χ4v) is 6.32. The predicted molar refractivity (Wildman–Crippen MR) is 105 cm³/mol. The highest BCUT2D eigenvalue weighted by Crippen LogP contribution is 2.22. The molecule has 2 aromatic heterocycles. The smallest absolute Gasteiger partial charge is 0.217 e. The molecule has 0 N–H and O–H groups in total. The molecule has 0 bridgehead atoms. The highest BCUT2D eigenvalue weighted by Gasteiger charge is 2.33. The van der Waals surface area contributed by atoms with E-state index in [1.54, 1.807) is 20.7 Å². The van der Waals surface area contributed by atoms with Gasteiger partial charge in [0.2, 0.25) is 4.77 Å².